The van der Waals surface area contributed by atoms with Gasteiger partial charge in [0.05, 0.1) is 0 Å². The SMILES string of the molecule is CCSc1cc(C(=O)NCCC(N)=O)c(C)c(N(CC)C2CCC(N(C)C)CC2)c1. The van der Waals surface area contributed by atoms with Crippen LogP contribution in [0.4, 0.5) is 5.69 Å². The number of primary amides is 1. The number of carbonyl (C=O) groups is 2. The molecule has 30 heavy (non-hydrogen) atoms. The molecule has 1 saturated carbocycles. The van der Waals surface area contributed by atoms with Gasteiger partial charge in [0.2, 0.25) is 5.91 Å². The van der Waals surface area contributed by atoms with Crippen LogP contribution in [0.15, 0.2) is 17.0 Å². The van der Waals surface area contributed by atoms with E-state index < -0.39 is 5.91 Å². The van der Waals surface area contributed by atoms with Crippen molar-refractivity contribution in [2.45, 2.75) is 69.9 Å². The van der Waals surface area contributed by atoms with E-state index in [2.05, 4.69) is 49.1 Å². The van der Waals surface area contributed by atoms with Gasteiger partial charge in [0.1, 0.15) is 0 Å². The predicted molar refractivity (Wildman–Crippen MR) is 126 cm³/mol. The van der Waals surface area contributed by atoms with Gasteiger partial charge in [-0.1, -0.05) is 6.92 Å². The second kappa shape index (κ2) is 11.6. The van der Waals surface area contributed by atoms with Gasteiger partial charge in [0.15, 0.2) is 0 Å². The summed E-state index contributed by atoms with van der Waals surface area (Å²) in [4.78, 5) is 29.8. The summed E-state index contributed by atoms with van der Waals surface area (Å²) in [7, 11) is 4.34. The molecule has 168 valence electrons. The van der Waals surface area contributed by atoms with Gasteiger partial charge in [-0.05, 0) is 77.1 Å². The average Bonchev–Trinajstić information content (AvgIpc) is 2.70. The van der Waals surface area contributed by atoms with Crippen molar-refractivity contribution in [3.05, 3.63) is 23.3 Å². The van der Waals surface area contributed by atoms with E-state index in [9.17, 15) is 9.59 Å². The Kier molecular flexibility index (Phi) is 9.49. The first-order chi connectivity index (χ1) is 14.3. The van der Waals surface area contributed by atoms with Crippen LogP contribution in [0.1, 0.15) is 61.9 Å². The Balaban J connectivity index is 2.29. The zero-order valence-corrected chi connectivity index (χ0v) is 20.0. The Labute approximate surface area is 185 Å². The third-order valence-electron chi connectivity index (χ3n) is 6.05. The molecule has 0 aliphatic heterocycles. The molecule has 2 amide bonds. The molecule has 0 heterocycles. The van der Waals surface area contributed by atoms with Crippen molar-refractivity contribution in [2.75, 3.05) is 37.8 Å². The standard InChI is InChI=1S/C23H38N4O2S/c1-6-27(18-10-8-17(9-11-18)26(4)5)21-15-19(30-7-2)14-20(16(21)3)23(29)25-13-12-22(24)28/h14-15,17-18H,6-13H2,1-5H3,(H2,24,28)(H,25,29). The number of rotatable bonds is 10. The average molecular weight is 435 g/mol. The summed E-state index contributed by atoms with van der Waals surface area (Å²) < 4.78 is 0. The van der Waals surface area contributed by atoms with E-state index in [0.717, 1.165) is 28.4 Å². The van der Waals surface area contributed by atoms with Crippen LogP contribution in [0, 0.1) is 6.92 Å². The highest BCUT2D eigenvalue weighted by atomic mass is 32.2. The predicted octanol–water partition coefficient (Wildman–Crippen LogP) is 3.41. The van der Waals surface area contributed by atoms with Crippen molar-refractivity contribution < 1.29 is 9.59 Å². The number of hydrogen-bond acceptors (Lipinski definition) is 5. The van der Waals surface area contributed by atoms with Gasteiger partial charge in [-0.2, -0.15) is 0 Å². The van der Waals surface area contributed by atoms with Crippen molar-refractivity contribution in [1.29, 1.82) is 0 Å². The van der Waals surface area contributed by atoms with Crippen LogP contribution in [0.5, 0.6) is 0 Å². The molecule has 0 spiro atoms. The first kappa shape index (κ1) is 24.5. The van der Waals surface area contributed by atoms with Crippen molar-refractivity contribution in [3.63, 3.8) is 0 Å². The molecule has 1 fully saturated rings. The van der Waals surface area contributed by atoms with Crippen LogP contribution >= 0.6 is 11.8 Å². The normalized spacial score (nSPS) is 19.0. The number of benzene rings is 1. The Bertz CT molecular complexity index is 730. The maximum atomic E-state index is 12.9. The largest absolute Gasteiger partial charge is 0.370 e. The van der Waals surface area contributed by atoms with Crippen LogP contribution in [0.3, 0.4) is 0 Å². The molecule has 2 rings (SSSR count). The van der Waals surface area contributed by atoms with Crippen LogP contribution in [-0.4, -0.2) is 61.7 Å². The van der Waals surface area contributed by atoms with Crippen molar-refractivity contribution >= 4 is 29.3 Å². The highest BCUT2D eigenvalue weighted by Gasteiger charge is 2.28. The van der Waals surface area contributed by atoms with Crippen LogP contribution in [0.25, 0.3) is 0 Å². The fourth-order valence-corrected chi connectivity index (χ4v) is 5.09. The maximum Gasteiger partial charge on any atom is 0.251 e. The Hall–Kier alpha value is -1.73. The third kappa shape index (κ3) is 6.38. The third-order valence-corrected chi connectivity index (χ3v) is 6.91. The van der Waals surface area contributed by atoms with Crippen LogP contribution in [0.2, 0.25) is 0 Å². The van der Waals surface area contributed by atoms with Gasteiger partial charge in [-0.15, -0.1) is 11.8 Å². The number of thioether (sulfide) groups is 1. The smallest absolute Gasteiger partial charge is 0.251 e. The summed E-state index contributed by atoms with van der Waals surface area (Å²) in [5, 5.41) is 2.85. The van der Waals surface area contributed by atoms with Crippen LogP contribution in [-0.2, 0) is 4.79 Å². The monoisotopic (exact) mass is 434 g/mol. The lowest BCUT2D eigenvalue weighted by Crippen LogP contribution is -2.42. The lowest BCUT2D eigenvalue weighted by molar-refractivity contribution is -0.117. The van der Waals surface area contributed by atoms with Gasteiger partial charge >= 0.3 is 0 Å². The summed E-state index contributed by atoms with van der Waals surface area (Å²) >= 11 is 1.75. The van der Waals surface area contributed by atoms with Crippen molar-refractivity contribution in [3.8, 4) is 0 Å². The fraction of sp³-hybridized carbons (Fsp3) is 0.652. The lowest BCUT2D eigenvalue weighted by atomic mass is 9.89. The molecule has 0 bridgehead atoms. The van der Waals surface area contributed by atoms with Gasteiger partial charge < -0.3 is 20.9 Å². The van der Waals surface area contributed by atoms with E-state index in [-0.39, 0.29) is 18.9 Å². The van der Waals surface area contributed by atoms with Crippen molar-refractivity contribution in [2.24, 2.45) is 5.73 Å². The molecule has 6 nitrogen and oxygen atoms in total. The molecule has 0 aromatic heterocycles. The van der Waals surface area contributed by atoms with Gasteiger partial charge in [-0.25, -0.2) is 0 Å². The maximum absolute atomic E-state index is 12.9. The lowest BCUT2D eigenvalue weighted by Gasteiger charge is -2.40. The molecular formula is C23H38N4O2S. The molecule has 1 aliphatic carbocycles. The quantitative estimate of drug-likeness (QED) is 0.552. The fourth-order valence-electron chi connectivity index (χ4n) is 4.36. The molecule has 7 heteroatoms. The van der Waals surface area contributed by atoms with Gasteiger partial charge in [0.25, 0.3) is 5.91 Å². The van der Waals surface area contributed by atoms with E-state index in [1.165, 1.54) is 25.7 Å². The molecule has 1 aromatic rings. The van der Waals surface area contributed by atoms with E-state index in [4.69, 9.17) is 5.73 Å². The number of carbonyl (C=O) groups excluding carboxylic acids is 2. The number of nitrogens with two attached hydrogens (primary N) is 1. The number of anilines is 1. The summed E-state index contributed by atoms with van der Waals surface area (Å²) in [6.07, 6.45) is 4.90. The second-order valence-electron chi connectivity index (χ2n) is 8.23. The Morgan fingerprint density at radius 3 is 2.30 bits per heavy atom. The number of nitrogens with zero attached hydrogens (tertiary/aromatic N) is 2. The number of hydrogen-bond donors (Lipinski definition) is 2. The Morgan fingerprint density at radius 1 is 1.13 bits per heavy atom. The Morgan fingerprint density at radius 2 is 1.77 bits per heavy atom. The molecule has 3 N–H and O–H groups in total. The summed E-state index contributed by atoms with van der Waals surface area (Å²) in [5.74, 6) is 0.403. The minimum atomic E-state index is -0.409. The van der Waals surface area contributed by atoms with Crippen molar-refractivity contribution in [1.82, 2.24) is 10.2 Å². The highest BCUT2D eigenvalue weighted by molar-refractivity contribution is 7.99. The van der Waals surface area contributed by atoms with Gasteiger partial charge in [-0.3, -0.25) is 9.59 Å². The van der Waals surface area contributed by atoms with Gasteiger partial charge in [0, 0.05) is 47.7 Å². The summed E-state index contributed by atoms with van der Waals surface area (Å²) in [6, 6.07) is 5.38. The number of amides is 2. The molecule has 0 radical (unpaired) electrons. The zero-order chi connectivity index (χ0) is 22.3. The minimum absolute atomic E-state index is 0.138. The first-order valence-corrected chi connectivity index (χ1v) is 12.0. The summed E-state index contributed by atoms with van der Waals surface area (Å²) in [5.41, 5.74) is 8.05. The van der Waals surface area contributed by atoms with E-state index in [0.29, 0.717) is 17.6 Å². The molecule has 0 saturated heterocycles. The van der Waals surface area contributed by atoms with Crippen LogP contribution < -0.4 is 16.0 Å². The molecule has 1 aliphatic rings. The molecular weight excluding hydrogens is 396 g/mol. The second-order valence-corrected chi connectivity index (χ2v) is 9.57. The topological polar surface area (TPSA) is 78.7 Å². The van der Waals surface area contributed by atoms with E-state index in [1.807, 2.05) is 13.0 Å². The zero-order valence-electron chi connectivity index (χ0n) is 19.2. The minimum Gasteiger partial charge on any atom is -0.370 e. The first-order valence-electron chi connectivity index (χ1n) is 11.0. The molecule has 1 aromatic carbocycles. The molecule has 0 unspecified atom stereocenters. The summed E-state index contributed by atoms with van der Waals surface area (Å²) in [6.45, 7) is 7.54. The van der Waals surface area contributed by atoms with E-state index >= 15 is 0 Å². The molecule has 0 atom stereocenters. The number of nitrogens with one attached hydrogen (secondary N) is 1. The van der Waals surface area contributed by atoms with E-state index in [1.54, 1.807) is 11.8 Å². The highest BCUT2D eigenvalue weighted by Crippen LogP contribution is 2.35.